The van der Waals surface area contributed by atoms with Crippen LogP contribution < -0.4 is 0 Å². The molecular weight excluding hydrogens is 304 g/mol. The van der Waals surface area contributed by atoms with Crippen LogP contribution in [0.15, 0.2) is 4.47 Å². The van der Waals surface area contributed by atoms with Crippen LogP contribution in [0.2, 0.25) is 0 Å². The highest BCUT2D eigenvalue weighted by Crippen LogP contribution is 2.24. The molecule has 16 heavy (non-hydrogen) atoms. The molecule has 0 bridgehead atoms. The van der Waals surface area contributed by atoms with E-state index in [1.807, 2.05) is 11.8 Å². The van der Waals surface area contributed by atoms with E-state index < -0.39 is 0 Å². The molecule has 2 nitrogen and oxygen atoms in total. The van der Waals surface area contributed by atoms with Gasteiger partial charge >= 0.3 is 0 Å². The van der Waals surface area contributed by atoms with Crippen molar-refractivity contribution in [2.75, 3.05) is 5.75 Å². The molecule has 1 rings (SSSR count). The third-order valence-corrected chi connectivity index (χ3v) is 4.64. The molecule has 0 atom stereocenters. The molecule has 0 unspecified atom stereocenters. The van der Waals surface area contributed by atoms with Gasteiger partial charge in [0.25, 0.3) is 0 Å². The molecule has 1 heterocycles. The summed E-state index contributed by atoms with van der Waals surface area (Å²) < 4.78 is 1.59. The first kappa shape index (κ1) is 14.2. The van der Waals surface area contributed by atoms with Crippen LogP contribution in [0, 0.1) is 4.64 Å². The molecule has 5 heteroatoms. The molecule has 0 spiro atoms. The van der Waals surface area contributed by atoms with Crippen molar-refractivity contribution in [3.8, 4) is 0 Å². The van der Waals surface area contributed by atoms with Gasteiger partial charge < -0.3 is 4.98 Å². The summed E-state index contributed by atoms with van der Waals surface area (Å²) in [6, 6.07) is 0. The van der Waals surface area contributed by atoms with Gasteiger partial charge in [-0.1, -0.05) is 33.0 Å². The maximum Gasteiger partial charge on any atom is 0.144 e. The van der Waals surface area contributed by atoms with E-state index in [1.54, 1.807) is 0 Å². The number of aromatic amines is 1. The van der Waals surface area contributed by atoms with E-state index in [2.05, 4.69) is 46.7 Å². The Balaban J connectivity index is 2.91. The van der Waals surface area contributed by atoms with Crippen LogP contribution in [0.5, 0.6) is 0 Å². The summed E-state index contributed by atoms with van der Waals surface area (Å²) in [6.45, 7) is 6.48. The quantitative estimate of drug-likeness (QED) is 0.631. The van der Waals surface area contributed by atoms with Gasteiger partial charge in [-0.2, -0.15) is 11.8 Å². The summed E-state index contributed by atoms with van der Waals surface area (Å²) >= 11 is 10.6. The van der Waals surface area contributed by atoms with Gasteiger partial charge in [0.2, 0.25) is 0 Å². The zero-order valence-electron chi connectivity index (χ0n) is 9.84. The average molecular weight is 321 g/mol. The third kappa shape index (κ3) is 3.86. The van der Waals surface area contributed by atoms with Crippen molar-refractivity contribution >= 4 is 39.9 Å². The Morgan fingerprint density at radius 2 is 2.19 bits per heavy atom. The van der Waals surface area contributed by atoms with Crippen LogP contribution in [0.25, 0.3) is 0 Å². The van der Waals surface area contributed by atoms with Gasteiger partial charge in [-0.25, -0.2) is 4.98 Å². The third-order valence-electron chi connectivity index (χ3n) is 2.10. The first-order valence-electron chi connectivity index (χ1n) is 5.42. The Kier molecular flexibility index (Phi) is 6.00. The first-order chi connectivity index (χ1) is 7.56. The maximum absolute atomic E-state index is 5.24. The topological polar surface area (TPSA) is 28.7 Å². The summed E-state index contributed by atoms with van der Waals surface area (Å²) in [4.78, 5) is 7.75. The summed E-state index contributed by atoms with van der Waals surface area (Å²) in [5, 5.41) is 0. The van der Waals surface area contributed by atoms with Crippen LogP contribution in [-0.2, 0) is 5.75 Å². The molecule has 0 amide bonds. The normalized spacial score (nSPS) is 11.1. The highest BCUT2D eigenvalue weighted by atomic mass is 79.9. The second-order valence-corrected chi connectivity index (χ2v) is 6.21. The molecule has 0 saturated heterocycles. The number of nitrogens with zero attached hydrogens (tertiary/aromatic N) is 1. The Morgan fingerprint density at radius 3 is 2.75 bits per heavy atom. The van der Waals surface area contributed by atoms with Gasteiger partial charge in [0.1, 0.15) is 10.5 Å². The van der Waals surface area contributed by atoms with Gasteiger partial charge in [-0.15, -0.1) is 0 Å². The molecule has 90 valence electrons. The number of hydrogen-bond donors (Lipinski definition) is 1. The van der Waals surface area contributed by atoms with E-state index in [-0.39, 0.29) is 0 Å². The lowest BCUT2D eigenvalue weighted by Crippen LogP contribution is -2.02. The molecule has 0 aliphatic rings. The predicted octanol–water partition coefficient (Wildman–Crippen LogP) is 4.67. The largest absolute Gasteiger partial charge is 0.345 e. The Morgan fingerprint density at radius 1 is 1.50 bits per heavy atom. The monoisotopic (exact) mass is 320 g/mol. The SMILES string of the molecule is CCCSCc1nc(=S)c(Br)c(C(C)C)[nH]1. The van der Waals surface area contributed by atoms with Gasteiger partial charge in [0, 0.05) is 5.69 Å². The Hall–Kier alpha value is 0.130. The van der Waals surface area contributed by atoms with Crippen molar-refractivity contribution in [3.05, 3.63) is 20.6 Å². The Labute approximate surface area is 115 Å². The fourth-order valence-electron chi connectivity index (χ4n) is 1.30. The standard InChI is InChI=1S/C11H17BrN2S2/c1-4-5-16-6-8-13-10(7(2)3)9(12)11(15)14-8/h7H,4-6H2,1-3H3,(H,13,14,15). The van der Waals surface area contributed by atoms with Crippen LogP contribution in [0.1, 0.15) is 44.6 Å². The van der Waals surface area contributed by atoms with Gasteiger partial charge in [0.15, 0.2) is 0 Å². The molecule has 0 fully saturated rings. The number of hydrogen-bond acceptors (Lipinski definition) is 3. The minimum Gasteiger partial charge on any atom is -0.345 e. The molecule has 1 aromatic rings. The predicted molar refractivity (Wildman–Crippen MR) is 77.7 cm³/mol. The van der Waals surface area contributed by atoms with Crippen LogP contribution in [0.4, 0.5) is 0 Å². The van der Waals surface area contributed by atoms with Crippen LogP contribution in [0.3, 0.4) is 0 Å². The smallest absolute Gasteiger partial charge is 0.144 e. The lowest BCUT2D eigenvalue weighted by atomic mass is 10.1. The van der Waals surface area contributed by atoms with E-state index in [0.717, 1.165) is 27.5 Å². The lowest BCUT2D eigenvalue weighted by molar-refractivity contribution is 0.788. The van der Waals surface area contributed by atoms with E-state index >= 15 is 0 Å². The first-order valence-corrected chi connectivity index (χ1v) is 7.78. The summed E-state index contributed by atoms with van der Waals surface area (Å²) in [5.41, 5.74) is 1.15. The molecule has 0 saturated carbocycles. The second-order valence-electron chi connectivity index (χ2n) is 3.92. The zero-order valence-corrected chi connectivity index (χ0v) is 13.1. The van der Waals surface area contributed by atoms with Gasteiger partial charge in [0.05, 0.1) is 10.2 Å². The molecule has 1 N–H and O–H groups in total. The molecule has 0 aromatic carbocycles. The molecule has 0 radical (unpaired) electrons. The molecule has 1 aromatic heterocycles. The molecule has 0 aliphatic carbocycles. The fraction of sp³-hybridized carbons (Fsp3) is 0.636. The van der Waals surface area contributed by atoms with Crippen molar-refractivity contribution in [1.82, 2.24) is 9.97 Å². The van der Waals surface area contributed by atoms with Crippen LogP contribution in [-0.4, -0.2) is 15.7 Å². The highest BCUT2D eigenvalue weighted by molar-refractivity contribution is 9.10. The van der Waals surface area contributed by atoms with Crippen molar-refractivity contribution in [1.29, 1.82) is 0 Å². The number of rotatable bonds is 5. The number of nitrogens with one attached hydrogen (secondary N) is 1. The highest BCUT2D eigenvalue weighted by Gasteiger charge is 2.09. The van der Waals surface area contributed by atoms with Crippen molar-refractivity contribution < 1.29 is 0 Å². The van der Waals surface area contributed by atoms with E-state index in [9.17, 15) is 0 Å². The van der Waals surface area contributed by atoms with Crippen molar-refractivity contribution in [3.63, 3.8) is 0 Å². The number of thioether (sulfide) groups is 1. The summed E-state index contributed by atoms with van der Waals surface area (Å²) in [7, 11) is 0. The number of H-pyrrole nitrogens is 1. The minimum absolute atomic E-state index is 0.425. The number of halogens is 1. The fourth-order valence-corrected chi connectivity index (χ4v) is 2.93. The van der Waals surface area contributed by atoms with Gasteiger partial charge in [-0.3, -0.25) is 0 Å². The van der Waals surface area contributed by atoms with Crippen LogP contribution >= 0.6 is 39.9 Å². The summed E-state index contributed by atoms with van der Waals surface area (Å²) in [5.74, 6) is 3.48. The van der Waals surface area contributed by atoms with Crippen molar-refractivity contribution in [2.24, 2.45) is 0 Å². The van der Waals surface area contributed by atoms with Gasteiger partial charge in [-0.05, 0) is 34.0 Å². The van der Waals surface area contributed by atoms with Crippen molar-refractivity contribution in [2.45, 2.75) is 38.9 Å². The summed E-state index contributed by atoms with van der Waals surface area (Å²) in [6.07, 6.45) is 1.19. The Bertz CT molecular complexity index is 401. The molecule has 0 aliphatic heterocycles. The molecular formula is C11H17BrN2S2. The number of aromatic nitrogens is 2. The lowest BCUT2D eigenvalue weighted by Gasteiger charge is -2.11. The van der Waals surface area contributed by atoms with E-state index in [4.69, 9.17) is 12.2 Å². The minimum atomic E-state index is 0.425. The second kappa shape index (κ2) is 6.77. The van der Waals surface area contributed by atoms with E-state index in [0.29, 0.717) is 10.6 Å². The zero-order chi connectivity index (χ0) is 12.1. The van der Waals surface area contributed by atoms with E-state index in [1.165, 1.54) is 6.42 Å². The maximum atomic E-state index is 5.24. The average Bonchev–Trinajstić information content (AvgIpc) is 2.23.